The lowest BCUT2D eigenvalue weighted by atomic mass is 10.3. The van der Waals surface area contributed by atoms with Gasteiger partial charge in [0.25, 0.3) is 11.6 Å². The summed E-state index contributed by atoms with van der Waals surface area (Å²) < 4.78 is 6.92. The summed E-state index contributed by atoms with van der Waals surface area (Å²) in [7, 11) is 0. The van der Waals surface area contributed by atoms with E-state index in [9.17, 15) is 14.9 Å². The van der Waals surface area contributed by atoms with Gasteiger partial charge in [0.2, 0.25) is 4.77 Å². The minimum absolute atomic E-state index is 0.0360. The van der Waals surface area contributed by atoms with Crippen LogP contribution in [0.4, 0.5) is 5.69 Å². The fourth-order valence-electron chi connectivity index (χ4n) is 1.93. The minimum atomic E-state index is -0.521. The van der Waals surface area contributed by atoms with Crippen LogP contribution < -0.4 is 10.2 Å². The van der Waals surface area contributed by atoms with E-state index in [-0.39, 0.29) is 22.8 Å². The Labute approximate surface area is 150 Å². The smallest absolute Gasteiger partial charge is 0.290 e. The van der Waals surface area contributed by atoms with Gasteiger partial charge in [-0.3, -0.25) is 30.4 Å². The molecule has 0 spiro atoms. The molecule has 0 bridgehead atoms. The molecular formula is C14H11N7O4S. The number of H-pyrrole nitrogens is 1. The van der Waals surface area contributed by atoms with Crippen molar-refractivity contribution >= 4 is 23.8 Å². The molecule has 2 N–H and O–H groups in total. The number of nitro benzene ring substituents is 1. The fourth-order valence-corrected chi connectivity index (χ4v) is 2.13. The van der Waals surface area contributed by atoms with Gasteiger partial charge in [-0.2, -0.15) is 5.10 Å². The average molecular weight is 373 g/mol. The number of aromatic nitrogens is 5. The molecule has 0 atom stereocenters. The van der Waals surface area contributed by atoms with Crippen LogP contribution in [0.2, 0.25) is 0 Å². The summed E-state index contributed by atoms with van der Waals surface area (Å²) in [4.78, 5) is 30.0. The van der Waals surface area contributed by atoms with Crippen molar-refractivity contribution in [2.45, 2.75) is 6.61 Å². The van der Waals surface area contributed by atoms with Gasteiger partial charge in [0.05, 0.1) is 11.1 Å². The quantitative estimate of drug-likeness (QED) is 0.377. The molecule has 11 nitrogen and oxygen atoms in total. The zero-order valence-electron chi connectivity index (χ0n) is 13.0. The van der Waals surface area contributed by atoms with E-state index in [2.05, 4.69) is 25.6 Å². The molecule has 12 heteroatoms. The van der Waals surface area contributed by atoms with E-state index in [4.69, 9.17) is 17.0 Å². The monoisotopic (exact) mass is 373 g/mol. The zero-order chi connectivity index (χ0) is 18.5. The molecule has 0 radical (unpaired) electrons. The molecule has 2 aromatic heterocycles. The Balaban J connectivity index is 1.70. The summed E-state index contributed by atoms with van der Waals surface area (Å²) in [5, 5.41) is 17.2. The highest BCUT2D eigenvalue weighted by Gasteiger charge is 2.13. The van der Waals surface area contributed by atoms with Gasteiger partial charge in [0.15, 0.2) is 5.82 Å². The Hall–Kier alpha value is -3.67. The second-order valence-electron chi connectivity index (χ2n) is 4.85. The lowest BCUT2D eigenvalue weighted by molar-refractivity contribution is -0.384. The number of nitrogens with zero attached hydrogens (tertiary/aromatic N) is 5. The van der Waals surface area contributed by atoms with Crippen LogP contribution in [0.25, 0.3) is 0 Å². The maximum absolute atomic E-state index is 12.2. The van der Waals surface area contributed by atoms with Crippen molar-refractivity contribution in [3.63, 3.8) is 0 Å². The number of hydrogen-bond donors (Lipinski definition) is 2. The lowest BCUT2D eigenvalue weighted by Crippen LogP contribution is -2.26. The van der Waals surface area contributed by atoms with Crippen LogP contribution in [0.3, 0.4) is 0 Å². The van der Waals surface area contributed by atoms with Crippen molar-refractivity contribution in [3.05, 3.63) is 69.3 Å². The van der Waals surface area contributed by atoms with E-state index in [1.807, 2.05) is 0 Å². The van der Waals surface area contributed by atoms with Crippen molar-refractivity contribution in [1.82, 2.24) is 24.8 Å². The van der Waals surface area contributed by atoms with Crippen molar-refractivity contribution in [1.29, 1.82) is 0 Å². The zero-order valence-corrected chi connectivity index (χ0v) is 13.8. The summed E-state index contributed by atoms with van der Waals surface area (Å²) in [5.41, 5.74) is 2.61. The second kappa shape index (κ2) is 7.48. The van der Waals surface area contributed by atoms with Crippen LogP contribution in [0.15, 0.2) is 42.9 Å². The first-order valence-electron chi connectivity index (χ1n) is 7.15. The van der Waals surface area contributed by atoms with Gasteiger partial charge in [0.1, 0.15) is 18.1 Å². The Bertz CT molecular complexity index is 985. The molecular weight excluding hydrogens is 362 g/mol. The Kier molecular flexibility index (Phi) is 4.94. The fraction of sp³-hybridized carbons (Fsp3) is 0.0714. The molecule has 0 aliphatic carbocycles. The van der Waals surface area contributed by atoms with E-state index in [0.717, 1.165) is 0 Å². The number of aromatic amines is 1. The van der Waals surface area contributed by atoms with Gasteiger partial charge in [-0.1, -0.05) is 0 Å². The SMILES string of the molecule is O=C(Nn1c(COc2ccc([N+](=O)[O-])cc2)n[nH]c1=S)c1cnccn1. The highest BCUT2D eigenvalue weighted by molar-refractivity contribution is 7.71. The molecule has 0 aliphatic heterocycles. The number of carbonyl (C=O) groups excluding carboxylic acids is 1. The summed E-state index contributed by atoms with van der Waals surface area (Å²) >= 11 is 5.08. The number of nitrogens with one attached hydrogen (secondary N) is 2. The van der Waals surface area contributed by atoms with Crippen molar-refractivity contribution in [2.24, 2.45) is 0 Å². The van der Waals surface area contributed by atoms with Gasteiger partial charge >= 0.3 is 0 Å². The molecule has 0 saturated carbocycles. The van der Waals surface area contributed by atoms with E-state index in [1.54, 1.807) is 0 Å². The first-order chi connectivity index (χ1) is 12.5. The first-order valence-corrected chi connectivity index (χ1v) is 7.56. The molecule has 2 heterocycles. The molecule has 0 aliphatic rings. The van der Waals surface area contributed by atoms with E-state index in [1.165, 1.54) is 47.5 Å². The number of benzene rings is 1. The normalized spacial score (nSPS) is 10.3. The van der Waals surface area contributed by atoms with Gasteiger partial charge in [-0.25, -0.2) is 9.66 Å². The summed E-state index contributed by atoms with van der Waals surface area (Å²) in [6, 6.07) is 5.56. The predicted octanol–water partition coefficient (Wildman–Crippen LogP) is 1.60. The van der Waals surface area contributed by atoms with Crippen LogP contribution in [0, 0.1) is 14.9 Å². The number of hydrogen-bond acceptors (Lipinski definition) is 8. The van der Waals surface area contributed by atoms with Crippen LogP contribution in [0.1, 0.15) is 16.3 Å². The minimum Gasteiger partial charge on any atom is -0.486 e. The Morgan fingerprint density at radius 1 is 1.35 bits per heavy atom. The van der Waals surface area contributed by atoms with Crippen LogP contribution in [-0.4, -0.2) is 35.7 Å². The molecule has 0 saturated heterocycles. The second-order valence-corrected chi connectivity index (χ2v) is 5.24. The molecule has 0 unspecified atom stereocenters. The number of ether oxygens (including phenoxy) is 1. The molecule has 1 amide bonds. The molecule has 26 heavy (non-hydrogen) atoms. The predicted molar refractivity (Wildman–Crippen MR) is 90.6 cm³/mol. The largest absolute Gasteiger partial charge is 0.486 e. The molecule has 132 valence electrons. The molecule has 0 fully saturated rings. The van der Waals surface area contributed by atoms with Gasteiger partial charge in [0, 0.05) is 24.5 Å². The number of non-ortho nitro benzene ring substituents is 1. The first kappa shape index (κ1) is 17.2. The number of nitro groups is 1. The highest BCUT2D eigenvalue weighted by atomic mass is 32.1. The summed E-state index contributed by atoms with van der Waals surface area (Å²) in [5.74, 6) is 0.175. The van der Waals surface area contributed by atoms with Crippen LogP contribution in [0.5, 0.6) is 5.75 Å². The average Bonchev–Trinajstić information content (AvgIpc) is 3.01. The van der Waals surface area contributed by atoms with E-state index < -0.39 is 10.8 Å². The lowest BCUT2D eigenvalue weighted by Gasteiger charge is -2.09. The number of carbonyl (C=O) groups is 1. The summed E-state index contributed by atoms with van der Waals surface area (Å²) in [6.45, 7) is -0.0360. The third kappa shape index (κ3) is 3.87. The molecule has 1 aromatic carbocycles. The highest BCUT2D eigenvalue weighted by Crippen LogP contribution is 2.18. The standard InChI is InChI=1S/C14H11N7O4S/c22-13(11-7-15-5-6-16-11)19-20-12(17-18-14(20)26)8-25-10-3-1-9(2-4-10)21(23)24/h1-7H,8H2,(H,18,26)(H,19,22). The van der Waals surface area contributed by atoms with Gasteiger partial charge in [-0.05, 0) is 24.4 Å². The van der Waals surface area contributed by atoms with E-state index in [0.29, 0.717) is 11.6 Å². The Morgan fingerprint density at radius 2 is 2.12 bits per heavy atom. The van der Waals surface area contributed by atoms with Crippen molar-refractivity contribution in [2.75, 3.05) is 5.43 Å². The Morgan fingerprint density at radius 3 is 2.77 bits per heavy atom. The van der Waals surface area contributed by atoms with Gasteiger partial charge < -0.3 is 4.74 Å². The van der Waals surface area contributed by atoms with Gasteiger partial charge in [-0.15, -0.1) is 0 Å². The molecule has 3 rings (SSSR count). The van der Waals surface area contributed by atoms with E-state index >= 15 is 0 Å². The maximum Gasteiger partial charge on any atom is 0.290 e. The number of amides is 1. The van der Waals surface area contributed by atoms with Crippen LogP contribution >= 0.6 is 12.2 Å². The van der Waals surface area contributed by atoms with Crippen LogP contribution in [-0.2, 0) is 6.61 Å². The van der Waals surface area contributed by atoms with Crippen molar-refractivity contribution < 1.29 is 14.5 Å². The topological polar surface area (TPSA) is 141 Å². The molecule has 3 aromatic rings. The van der Waals surface area contributed by atoms with Crippen molar-refractivity contribution in [3.8, 4) is 5.75 Å². The third-order valence-corrected chi connectivity index (χ3v) is 3.44. The number of rotatable bonds is 6. The maximum atomic E-state index is 12.2. The summed E-state index contributed by atoms with van der Waals surface area (Å²) in [6.07, 6.45) is 4.15. The third-order valence-electron chi connectivity index (χ3n) is 3.17.